The number of aromatic nitrogens is 1. The molecule has 0 spiro atoms. The quantitative estimate of drug-likeness (QED) is 0.798. The summed E-state index contributed by atoms with van der Waals surface area (Å²) in [5.74, 6) is 1.19. The van der Waals surface area contributed by atoms with Gasteiger partial charge < -0.3 is 13.9 Å². The van der Waals surface area contributed by atoms with Crippen LogP contribution in [0.25, 0.3) is 0 Å². The Morgan fingerprint density at radius 3 is 2.68 bits per heavy atom. The monoisotopic (exact) mass is 310 g/mol. The van der Waals surface area contributed by atoms with E-state index < -0.39 is 6.10 Å². The van der Waals surface area contributed by atoms with Gasteiger partial charge in [-0.1, -0.05) is 20.8 Å². The maximum atomic E-state index is 11.7. The first-order valence-corrected chi connectivity index (χ1v) is 7.66. The third-order valence-corrected chi connectivity index (χ3v) is 3.92. The fraction of sp³-hybridized carbons (Fsp3) is 0.750. The topological polar surface area (TPSA) is 64.8 Å². The Kier molecular flexibility index (Phi) is 4.92. The summed E-state index contributed by atoms with van der Waals surface area (Å²) in [5, 5.41) is 0. The van der Waals surface area contributed by atoms with Crippen molar-refractivity contribution in [1.29, 1.82) is 0 Å². The lowest BCUT2D eigenvalue weighted by atomic mass is 9.94. The molecule has 3 atom stereocenters. The molecule has 1 fully saturated rings. The third-order valence-electron chi connectivity index (χ3n) is 3.92. The van der Waals surface area contributed by atoms with E-state index in [0.717, 1.165) is 12.3 Å². The van der Waals surface area contributed by atoms with E-state index in [1.54, 1.807) is 6.20 Å². The Balaban J connectivity index is 2.12. The van der Waals surface area contributed by atoms with Gasteiger partial charge in [0.25, 0.3) is 0 Å². The Bertz CT molecular complexity index is 520. The van der Waals surface area contributed by atoms with Crippen LogP contribution < -0.4 is 0 Å². The van der Waals surface area contributed by atoms with E-state index in [2.05, 4.69) is 30.7 Å². The van der Waals surface area contributed by atoms with E-state index in [1.165, 1.54) is 7.11 Å². The lowest BCUT2D eigenvalue weighted by Crippen LogP contribution is -2.50. The van der Waals surface area contributed by atoms with Crippen LogP contribution in [0.5, 0.6) is 0 Å². The largest absolute Gasteiger partial charge is 0.467 e. The molecule has 22 heavy (non-hydrogen) atoms. The number of hydrogen-bond acceptors (Lipinski definition) is 6. The van der Waals surface area contributed by atoms with Crippen LogP contribution in [0.15, 0.2) is 10.6 Å². The molecule has 1 aromatic heterocycles. The number of oxazole rings is 1. The summed E-state index contributed by atoms with van der Waals surface area (Å²) in [6, 6.07) is -0.0189. The summed E-state index contributed by atoms with van der Waals surface area (Å²) in [5.41, 5.74) is -0.0716. The predicted octanol–water partition coefficient (Wildman–Crippen LogP) is 2.30. The van der Waals surface area contributed by atoms with Crippen molar-refractivity contribution in [3.05, 3.63) is 17.8 Å². The van der Waals surface area contributed by atoms with Gasteiger partial charge in [-0.25, -0.2) is 9.78 Å². The van der Waals surface area contributed by atoms with Gasteiger partial charge in [0.15, 0.2) is 6.10 Å². The number of ether oxygens (including phenoxy) is 2. The second-order valence-corrected chi connectivity index (χ2v) is 6.90. The zero-order valence-electron chi connectivity index (χ0n) is 14.3. The fourth-order valence-electron chi connectivity index (χ4n) is 2.55. The van der Waals surface area contributed by atoms with Crippen molar-refractivity contribution in [3.8, 4) is 0 Å². The van der Waals surface area contributed by atoms with Gasteiger partial charge in [-0.05, 0) is 13.8 Å². The molecule has 1 aliphatic heterocycles. The molecule has 0 N–H and O–H groups in total. The van der Waals surface area contributed by atoms with Crippen LogP contribution in [0.3, 0.4) is 0 Å². The van der Waals surface area contributed by atoms with Crippen molar-refractivity contribution in [1.82, 2.24) is 9.88 Å². The van der Waals surface area contributed by atoms with E-state index in [0.29, 0.717) is 12.4 Å². The number of carbonyl (C=O) groups is 1. The minimum Gasteiger partial charge on any atom is -0.467 e. The molecule has 0 saturated carbocycles. The summed E-state index contributed by atoms with van der Waals surface area (Å²) >= 11 is 0. The van der Waals surface area contributed by atoms with Crippen molar-refractivity contribution in [2.75, 3.05) is 20.2 Å². The van der Waals surface area contributed by atoms with E-state index >= 15 is 0 Å². The second-order valence-electron chi connectivity index (χ2n) is 6.90. The maximum Gasteiger partial charge on any atom is 0.336 e. The molecular formula is C16H26N2O4. The van der Waals surface area contributed by atoms with Crippen LogP contribution in [-0.4, -0.2) is 48.3 Å². The molecule has 6 heteroatoms. The minimum atomic E-state index is -0.562. The van der Waals surface area contributed by atoms with Crippen molar-refractivity contribution in [2.45, 2.75) is 58.3 Å². The van der Waals surface area contributed by atoms with Crippen LogP contribution in [0.4, 0.5) is 0 Å². The van der Waals surface area contributed by atoms with Crippen molar-refractivity contribution in [3.63, 3.8) is 0 Å². The highest BCUT2D eigenvalue weighted by Gasteiger charge is 2.35. The molecule has 0 aromatic carbocycles. The smallest absolute Gasteiger partial charge is 0.336 e. The number of morpholine rings is 1. The van der Waals surface area contributed by atoms with Gasteiger partial charge in [0.2, 0.25) is 5.89 Å². The summed E-state index contributed by atoms with van der Waals surface area (Å²) in [7, 11) is 1.38. The average molecular weight is 310 g/mol. The van der Waals surface area contributed by atoms with Crippen LogP contribution in [0, 0.1) is 0 Å². The summed E-state index contributed by atoms with van der Waals surface area (Å²) in [6.45, 7) is 11.5. The SMILES string of the molecule is COC(=O)C1CN(C(C)c2ncc(C(C)(C)C)o2)C[C@@H](C)O1. The molecule has 6 nitrogen and oxygen atoms in total. The molecule has 0 aliphatic carbocycles. The summed E-state index contributed by atoms with van der Waals surface area (Å²) < 4.78 is 16.3. The molecule has 1 aliphatic rings. The molecule has 1 saturated heterocycles. The van der Waals surface area contributed by atoms with Crippen molar-refractivity contribution >= 4 is 5.97 Å². The first kappa shape index (κ1) is 17.0. The molecule has 124 valence electrons. The molecule has 1 aromatic rings. The van der Waals surface area contributed by atoms with Crippen molar-refractivity contribution in [2.24, 2.45) is 0 Å². The fourth-order valence-corrected chi connectivity index (χ4v) is 2.55. The third kappa shape index (κ3) is 3.67. The first-order valence-electron chi connectivity index (χ1n) is 7.66. The Morgan fingerprint density at radius 2 is 2.14 bits per heavy atom. The molecule has 0 radical (unpaired) electrons. The maximum absolute atomic E-state index is 11.7. The summed E-state index contributed by atoms with van der Waals surface area (Å²) in [6.07, 6.45) is 1.18. The second kappa shape index (κ2) is 6.38. The van der Waals surface area contributed by atoms with Gasteiger partial charge in [0.05, 0.1) is 25.5 Å². The highest BCUT2D eigenvalue weighted by atomic mass is 16.6. The van der Waals surface area contributed by atoms with E-state index in [9.17, 15) is 4.79 Å². The van der Waals surface area contributed by atoms with Gasteiger partial charge in [0.1, 0.15) is 5.76 Å². The van der Waals surface area contributed by atoms with Crippen LogP contribution >= 0.6 is 0 Å². The zero-order valence-corrected chi connectivity index (χ0v) is 14.3. The van der Waals surface area contributed by atoms with Crippen LogP contribution in [-0.2, 0) is 19.7 Å². The standard InChI is InChI=1S/C16H26N2O4/c1-10-8-18(9-12(21-10)15(19)20-6)11(2)14-17-7-13(22-14)16(3,4)5/h7,10-12H,8-9H2,1-6H3/t10-,11?,12?/m1/s1. The molecule has 0 amide bonds. The first-order chi connectivity index (χ1) is 10.2. The number of rotatable bonds is 3. The number of hydrogen-bond donors (Lipinski definition) is 0. The molecule has 2 unspecified atom stereocenters. The Morgan fingerprint density at radius 1 is 1.45 bits per heavy atom. The van der Waals surface area contributed by atoms with Gasteiger partial charge in [-0.2, -0.15) is 0 Å². The highest BCUT2D eigenvalue weighted by molar-refractivity contribution is 5.75. The lowest BCUT2D eigenvalue weighted by Gasteiger charge is -2.37. The average Bonchev–Trinajstić information content (AvgIpc) is 2.94. The lowest BCUT2D eigenvalue weighted by molar-refractivity contribution is -0.168. The van der Waals surface area contributed by atoms with E-state index in [-0.39, 0.29) is 23.5 Å². The molecular weight excluding hydrogens is 284 g/mol. The highest BCUT2D eigenvalue weighted by Crippen LogP contribution is 2.28. The number of carbonyl (C=O) groups excluding carboxylic acids is 1. The van der Waals surface area contributed by atoms with E-state index in [1.807, 2.05) is 13.8 Å². The van der Waals surface area contributed by atoms with Crippen LogP contribution in [0.2, 0.25) is 0 Å². The van der Waals surface area contributed by atoms with Gasteiger partial charge in [0, 0.05) is 18.5 Å². The zero-order chi connectivity index (χ0) is 16.5. The normalized spacial score (nSPS) is 25.0. The number of nitrogens with zero attached hydrogens (tertiary/aromatic N) is 2. The summed E-state index contributed by atoms with van der Waals surface area (Å²) in [4.78, 5) is 18.3. The van der Waals surface area contributed by atoms with Gasteiger partial charge >= 0.3 is 5.97 Å². The minimum absolute atomic E-state index is 0.0189. The van der Waals surface area contributed by atoms with Gasteiger partial charge in [-0.3, -0.25) is 4.90 Å². The number of esters is 1. The molecule has 2 rings (SSSR count). The number of methoxy groups -OCH3 is 1. The molecule has 0 bridgehead atoms. The Hall–Kier alpha value is -1.40. The van der Waals surface area contributed by atoms with Gasteiger partial charge in [-0.15, -0.1) is 0 Å². The van der Waals surface area contributed by atoms with Crippen LogP contribution in [0.1, 0.15) is 52.3 Å². The predicted molar refractivity (Wildman–Crippen MR) is 81.5 cm³/mol. The van der Waals surface area contributed by atoms with Crippen molar-refractivity contribution < 1.29 is 18.7 Å². The Labute approximate surface area is 131 Å². The van der Waals surface area contributed by atoms with E-state index in [4.69, 9.17) is 13.9 Å². The molecule has 2 heterocycles.